The van der Waals surface area contributed by atoms with Crippen LogP contribution in [-0.2, 0) is 13.5 Å². The molecule has 2 aromatic rings. The average molecular weight is 344 g/mol. The number of hydrogen-bond acceptors (Lipinski definition) is 3. The first-order valence-electron chi connectivity index (χ1n) is 5.64. The summed E-state index contributed by atoms with van der Waals surface area (Å²) in [7, 11) is 1.87. The summed E-state index contributed by atoms with van der Waals surface area (Å²) in [6.07, 6.45) is 2.26. The Kier molecular flexibility index (Phi) is 4.55. The minimum Gasteiger partial charge on any atom is -0.352 e. The zero-order chi connectivity index (χ0) is 13.8. The molecule has 7 heteroatoms. The van der Waals surface area contributed by atoms with E-state index in [9.17, 15) is 4.79 Å². The number of rotatable bonds is 4. The SMILES string of the molecule is Cn1cnnc1CCNC(=O)c1cc(Cl)ccc1Br. The van der Waals surface area contributed by atoms with E-state index in [4.69, 9.17) is 11.6 Å². The molecule has 100 valence electrons. The fraction of sp³-hybridized carbons (Fsp3) is 0.250. The Morgan fingerprint density at radius 1 is 1.53 bits per heavy atom. The van der Waals surface area contributed by atoms with Crippen molar-refractivity contribution in [3.63, 3.8) is 0 Å². The number of nitrogens with one attached hydrogen (secondary N) is 1. The lowest BCUT2D eigenvalue weighted by Gasteiger charge is -2.07. The Balaban J connectivity index is 1.94. The molecular weight excluding hydrogens is 332 g/mol. The van der Waals surface area contributed by atoms with Crippen LogP contribution in [0.25, 0.3) is 0 Å². The predicted molar refractivity (Wildman–Crippen MR) is 76.2 cm³/mol. The standard InChI is InChI=1S/C12H12BrClN4O/c1-18-7-16-17-11(18)4-5-15-12(19)9-6-8(14)2-3-10(9)13/h2-3,6-7H,4-5H2,1H3,(H,15,19). The molecule has 0 fully saturated rings. The maximum atomic E-state index is 12.0. The second kappa shape index (κ2) is 6.16. The fourth-order valence-corrected chi connectivity index (χ4v) is 2.19. The van der Waals surface area contributed by atoms with E-state index in [1.165, 1.54) is 0 Å². The molecular formula is C12H12BrClN4O. The van der Waals surface area contributed by atoms with Crippen LogP contribution in [0.5, 0.6) is 0 Å². The molecule has 1 heterocycles. The van der Waals surface area contributed by atoms with Crippen molar-refractivity contribution >= 4 is 33.4 Å². The number of aryl methyl sites for hydroxylation is 1. The van der Waals surface area contributed by atoms with Gasteiger partial charge >= 0.3 is 0 Å². The van der Waals surface area contributed by atoms with Crippen molar-refractivity contribution in [2.24, 2.45) is 7.05 Å². The Morgan fingerprint density at radius 2 is 2.32 bits per heavy atom. The molecule has 0 saturated heterocycles. The number of carbonyl (C=O) groups excluding carboxylic acids is 1. The number of halogens is 2. The van der Waals surface area contributed by atoms with E-state index in [2.05, 4.69) is 31.4 Å². The molecule has 1 N–H and O–H groups in total. The van der Waals surface area contributed by atoms with Crippen molar-refractivity contribution in [3.05, 3.63) is 45.4 Å². The monoisotopic (exact) mass is 342 g/mol. The highest BCUT2D eigenvalue weighted by Gasteiger charge is 2.10. The van der Waals surface area contributed by atoms with Crippen molar-refractivity contribution in [2.45, 2.75) is 6.42 Å². The van der Waals surface area contributed by atoms with Crippen LogP contribution in [0, 0.1) is 0 Å². The van der Waals surface area contributed by atoms with Crippen LogP contribution in [0.1, 0.15) is 16.2 Å². The van der Waals surface area contributed by atoms with Gasteiger partial charge in [0.2, 0.25) is 0 Å². The van der Waals surface area contributed by atoms with Gasteiger partial charge in [0.15, 0.2) is 0 Å². The average Bonchev–Trinajstić information content (AvgIpc) is 2.78. The van der Waals surface area contributed by atoms with Crippen LogP contribution in [-0.4, -0.2) is 27.2 Å². The zero-order valence-corrected chi connectivity index (χ0v) is 12.6. The molecule has 19 heavy (non-hydrogen) atoms. The van der Waals surface area contributed by atoms with Gasteiger partial charge in [-0.3, -0.25) is 4.79 Å². The molecule has 0 saturated carbocycles. The zero-order valence-electron chi connectivity index (χ0n) is 10.2. The van der Waals surface area contributed by atoms with Crippen molar-refractivity contribution in [1.82, 2.24) is 20.1 Å². The number of benzene rings is 1. The molecule has 1 amide bonds. The summed E-state index contributed by atoms with van der Waals surface area (Å²) in [5, 5.41) is 11.1. The summed E-state index contributed by atoms with van der Waals surface area (Å²) in [6, 6.07) is 5.10. The van der Waals surface area contributed by atoms with Gasteiger partial charge in [0.05, 0.1) is 5.56 Å². The van der Waals surface area contributed by atoms with Crippen LogP contribution < -0.4 is 5.32 Å². The van der Waals surface area contributed by atoms with Gasteiger partial charge in [-0.05, 0) is 34.1 Å². The van der Waals surface area contributed by atoms with Crippen LogP contribution in [0.4, 0.5) is 0 Å². The highest BCUT2D eigenvalue weighted by atomic mass is 79.9. The van der Waals surface area contributed by atoms with Gasteiger partial charge in [-0.1, -0.05) is 11.6 Å². The number of nitrogens with zero attached hydrogens (tertiary/aromatic N) is 3. The highest BCUT2D eigenvalue weighted by molar-refractivity contribution is 9.10. The van der Waals surface area contributed by atoms with Crippen LogP contribution in [0.15, 0.2) is 29.0 Å². The molecule has 0 radical (unpaired) electrons. The predicted octanol–water partition coefficient (Wildman–Crippen LogP) is 2.20. The first-order chi connectivity index (χ1) is 9.08. The summed E-state index contributed by atoms with van der Waals surface area (Å²) in [6.45, 7) is 0.490. The Morgan fingerprint density at radius 3 is 3.00 bits per heavy atom. The third-order valence-electron chi connectivity index (χ3n) is 2.61. The van der Waals surface area contributed by atoms with Gasteiger partial charge in [-0.2, -0.15) is 0 Å². The molecule has 0 spiro atoms. The number of aromatic nitrogens is 3. The van der Waals surface area contributed by atoms with Gasteiger partial charge in [-0.25, -0.2) is 0 Å². The van der Waals surface area contributed by atoms with E-state index < -0.39 is 0 Å². The molecule has 0 atom stereocenters. The number of carbonyl (C=O) groups is 1. The number of amides is 1. The van der Waals surface area contributed by atoms with Crippen molar-refractivity contribution in [1.29, 1.82) is 0 Å². The van der Waals surface area contributed by atoms with E-state index >= 15 is 0 Å². The summed E-state index contributed by atoms with van der Waals surface area (Å²) < 4.78 is 2.54. The van der Waals surface area contributed by atoms with Gasteiger partial charge in [0.1, 0.15) is 12.2 Å². The molecule has 0 unspecified atom stereocenters. The minimum absolute atomic E-state index is 0.170. The normalized spacial score (nSPS) is 10.5. The van der Waals surface area contributed by atoms with E-state index in [1.807, 2.05) is 11.6 Å². The van der Waals surface area contributed by atoms with Gasteiger partial charge in [-0.15, -0.1) is 10.2 Å². The van der Waals surface area contributed by atoms with Gasteiger partial charge in [0.25, 0.3) is 5.91 Å². The highest BCUT2D eigenvalue weighted by Crippen LogP contribution is 2.20. The van der Waals surface area contributed by atoms with Crippen LogP contribution in [0.3, 0.4) is 0 Å². The second-order valence-corrected chi connectivity index (χ2v) is 5.28. The van der Waals surface area contributed by atoms with E-state index in [1.54, 1.807) is 24.5 Å². The largest absolute Gasteiger partial charge is 0.352 e. The summed E-state index contributed by atoms with van der Waals surface area (Å²) in [5.41, 5.74) is 0.519. The maximum absolute atomic E-state index is 12.0. The summed E-state index contributed by atoms with van der Waals surface area (Å²) >= 11 is 9.20. The second-order valence-electron chi connectivity index (χ2n) is 3.99. The molecule has 0 aliphatic rings. The lowest BCUT2D eigenvalue weighted by molar-refractivity contribution is 0.0953. The minimum atomic E-state index is -0.170. The third-order valence-corrected chi connectivity index (χ3v) is 3.54. The Hall–Kier alpha value is -1.40. The van der Waals surface area contributed by atoms with Gasteiger partial charge in [0, 0.05) is 29.5 Å². The lowest BCUT2D eigenvalue weighted by atomic mass is 10.2. The summed E-state index contributed by atoms with van der Waals surface area (Å²) in [4.78, 5) is 12.0. The lowest BCUT2D eigenvalue weighted by Crippen LogP contribution is -2.26. The summed E-state index contributed by atoms with van der Waals surface area (Å²) in [5.74, 6) is 0.655. The Labute approximate surface area is 124 Å². The molecule has 5 nitrogen and oxygen atoms in total. The Bertz CT molecular complexity index is 599. The van der Waals surface area contributed by atoms with Crippen molar-refractivity contribution in [2.75, 3.05) is 6.54 Å². The topological polar surface area (TPSA) is 59.8 Å². The third kappa shape index (κ3) is 3.54. The molecule has 0 aliphatic carbocycles. The van der Waals surface area contributed by atoms with E-state index in [0.29, 0.717) is 28.0 Å². The van der Waals surface area contributed by atoms with Crippen molar-refractivity contribution in [3.8, 4) is 0 Å². The first kappa shape index (κ1) is 14.0. The molecule has 2 rings (SSSR count). The van der Waals surface area contributed by atoms with E-state index in [-0.39, 0.29) is 5.91 Å². The van der Waals surface area contributed by atoms with Crippen molar-refractivity contribution < 1.29 is 4.79 Å². The molecule has 1 aromatic carbocycles. The smallest absolute Gasteiger partial charge is 0.252 e. The molecule has 0 aliphatic heterocycles. The van der Waals surface area contributed by atoms with Crippen LogP contribution >= 0.6 is 27.5 Å². The van der Waals surface area contributed by atoms with Gasteiger partial charge < -0.3 is 9.88 Å². The fourth-order valence-electron chi connectivity index (χ4n) is 1.59. The first-order valence-corrected chi connectivity index (χ1v) is 6.81. The van der Waals surface area contributed by atoms with Crippen LogP contribution in [0.2, 0.25) is 5.02 Å². The molecule has 1 aromatic heterocycles. The quantitative estimate of drug-likeness (QED) is 0.926. The number of hydrogen-bond donors (Lipinski definition) is 1. The molecule has 0 bridgehead atoms. The maximum Gasteiger partial charge on any atom is 0.252 e. The van der Waals surface area contributed by atoms with E-state index in [0.717, 1.165) is 5.82 Å².